The molecule has 9 heteroatoms. The minimum atomic E-state index is -0.921. The summed E-state index contributed by atoms with van der Waals surface area (Å²) in [6.45, 7) is 4.10. The van der Waals surface area contributed by atoms with Crippen LogP contribution in [0.3, 0.4) is 0 Å². The predicted molar refractivity (Wildman–Crippen MR) is 72.2 cm³/mol. The molecule has 0 spiro atoms. The number of esters is 1. The van der Waals surface area contributed by atoms with E-state index in [0.29, 0.717) is 13.1 Å². The zero-order chi connectivity index (χ0) is 16.3. The number of nitrogens with zero attached hydrogens (tertiary/aromatic N) is 2. The molecule has 0 saturated carbocycles. The minimum absolute atomic E-state index is 0.0869. The molecule has 2 rings (SSSR count). The quantitative estimate of drug-likeness (QED) is 0.462. The lowest BCUT2D eigenvalue weighted by Gasteiger charge is -2.35. The Kier molecular flexibility index (Phi) is 4.76. The number of carbonyl (C=O) groups excluding carboxylic acids is 2. The van der Waals surface area contributed by atoms with Gasteiger partial charge in [0.1, 0.15) is 4.92 Å². The summed E-state index contributed by atoms with van der Waals surface area (Å²) in [5.41, 5.74) is 0. The molecular weight excluding hydrogens is 296 g/mol. The van der Waals surface area contributed by atoms with Crippen molar-refractivity contribution in [3.05, 3.63) is 28.0 Å². The van der Waals surface area contributed by atoms with Gasteiger partial charge in [-0.1, -0.05) is 0 Å². The number of hydrogen-bond donors (Lipinski definition) is 0. The fourth-order valence-electron chi connectivity index (χ4n) is 2.21. The van der Waals surface area contributed by atoms with Crippen LogP contribution in [0.4, 0.5) is 5.88 Å². The molecule has 1 saturated heterocycles. The molecule has 0 radical (unpaired) electrons. The molecule has 0 N–H and O–H groups in total. The van der Waals surface area contributed by atoms with Crippen molar-refractivity contribution >= 4 is 17.8 Å². The van der Waals surface area contributed by atoms with Crippen LogP contribution in [-0.4, -0.2) is 53.6 Å². The molecule has 2 heterocycles. The SMILES string of the molecule is CC1CN(C(=O)COC(=O)c2ccc([N+](=O)[O-])o2)CC(C)O1. The summed E-state index contributed by atoms with van der Waals surface area (Å²) in [5.74, 6) is -2.15. The number of furan rings is 1. The summed E-state index contributed by atoms with van der Waals surface area (Å²) in [5, 5.41) is 10.5. The lowest BCUT2D eigenvalue weighted by molar-refractivity contribution is -0.402. The number of nitro groups is 1. The van der Waals surface area contributed by atoms with E-state index in [1.165, 1.54) is 0 Å². The third-order valence-corrected chi connectivity index (χ3v) is 3.07. The first-order valence-electron chi connectivity index (χ1n) is 6.71. The molecule has 22 heavy (non-hydrogen) atoms. The molecule has 1 amide bonds. The van der Waals surface area contributed by atoms with Crippen LogP contribution < -0.4 is 0 Å². The summed E-state index contributed by atoms with van der Waals surface area (Å²) < 4.78 is 15.0. The third-order valence-electron chi connectivity index (χ3n) is 3.07. The molecule has 1 aliphatic heterocycles. The maximum atomic E-state index is 12.0. The van der Waals surface area contributed by atoms with Gasteiger partial charge in [0.2, 0.25) is 5.76 Å². The molecule has 1 aromatic heterocycles. The highest BCUT2D eigenvalue weighted by atomic mass is 16.7. The topological polar surface area (TPSA) is 112 Å². The van der Waals surface area contributed by atoms with Gasteiger partial charge >= 0.3 is 11.9 Å². The molecule has 1 fully saturated rings. The Morgan fingerprint density at radius 3 is 2.55 bits per heavy atom. The van der Waals surface area contributed by atoms with Crippen molar-refractivity contribution in [2.45, 2.75) is 26.1 Å². The molecule has 0 bridgehead atoms. The van der Waals surface area contributed by atoms with Gasteiger partial charge in [0.25, 0.3) is 5.91 Å². The third kappa shape index (κ3) is 3.82. The van der Waals surface area contributed by atoms with Gasteiger partial charge < -0.3 is 18.8 Å². The van der Waals surface area contributed by atoms with Gasteiger partial charge in [-0.2, -0.15) is 0 Å². The first-order chi connectivity index (χ1) is 10.4. The zero-order valence-electron chi connectivity index (χ0n) is 12.2. The number of ether oxygens (including phenoxy) is 2. The number of morpholine rings is 1. The summed E-state index contributed by atoms with van der Waals surface area (Å²) >= 11 is 0. The molecule has 1 aliphatic rings. The van der Waals surface area contributed by atoms with Gasteiger partial charge in [0.15, 0.2) is 6.61 Å². The number of amides is 1. The van der Waals surface area contributed by atoms with E-state index in [-0.39, 0.29) is 23.9 Å². The van der Waals surface area contributed by atoms with Crippen LogP contribution in [0.2, 0.25) is 0 Å². The predicted octanol–water partition coefficient (Wildman–Crippen LogP) is 0.980. The van der Waals surface area contributed by atoms with E-state index in [0.717, 1.165) is 12.1 Å². The number of rotatable bonds is 4. The van der Waals surface area contributed by atoms with Gasteiger partial charge in [-0.3, -0.25) is 14.9 Å². The van der Waals surface area contributed by atoms with Crippen LogP contribution in [0.15, 0.2) is 16.5 Å². The van der Waals surface area contributed by atoms with Crippen LogP contribution in [0.1, 0.15) is 24.4 Å². The molecule has 9 nitrogen and oxygen atoms in total. The normalized spacial score (nSPS) is 21.5. The van der Waals surface area contributed by atoms with Crippen LogP contribution in [0.25, 0.3) is 0 Å². The Labute approximate surface area is 125 Å². The Bertz CT molecular complexity index is 573. The monoisotopic (exact) mass is 312 g/mol. The molecule has 2 unspecified atom stereocenters. The average Bonchev–Trinajstić information content (AvgIpc) is 2.93. The molecular formula is C13H16N2O7. The van der Waals surface area contributed by atoms with Gasteiger partial charge in [0, 0.05) is 13.1 Å². The van der Waals surface area contributed by atoms with E-state index < -0.39 is 23.4 Å². The van der Waals surface area contributed by atoms with Crippen molar-refractivity contribution in [2.24, 2.45) is 0 Å². The van der Waals surface area contributed by atoms with E-state index >= 15 is 0 Å². The Balaban J connectivity index is 1.87. The van der Waals surface area contributed by atoms with Crippen LogP contribution in [-0.2, 0) is 14.3 Å². The van der Waals surface area contributed by atoms with E-state index in [1.54, 1.807) is 4.90 Å². The maximum Gasteiger partial charge on any atom is 0.433 e. The fourth-order valence-corrected chi connectivity index (χ4v) is 2.21. The lowest BCUT2D eigenvalue weighted by atomic mass is 10.2. The second-order valence-electron chi connectivity index (χ2n) is 5.03. The van der Waals surface area contributed by atoms with Crippen LogP contribution in [0.5, 0.6) is 0 Å². The summed E-state index contributed by atoms with van der Waals surface area (Å²) in [7, 11) is 0. The Hall–Kier alpha value is -2.42. The summed E-state index contributed by atoms with van der Waals surface area (Å²) in [4.78, 5) is 34.9. The standard InChI is InChI=1S/C13H16N2O7/c1-8-5-14(6-9(2)21-8)11(16)7-20-13(17)10-3-4-12(22-10)15(18)19/h3-4,8-9H,5-7H2,1-2H3. The number of carbonyl (C=O) groups is 2. The zero-order valence-corrected chi connectivity index (χ0v) is 12.2. The van der Waals surface area contributed by atoms with Crippen molar-refractivity contribution in [1.82, 2.24) is 4.90 Å². The smallest absolute Gasteiger partial charge is 0.433 e. The maximum absolute atomic E-state index is 12.0. The van der Waals surface area contributed by atoms with Gasteiger partial charge in [-0.25, -0.2) is 4.79 Å². The Morgan fingerprint density at radius 1 is 1.36 bits per heavy atom. The molecule has 2 atom stereocenters. The van der Waals surface area contributed by atoms with Crippen molar-refractivity contribution in [3.63, 3.8) is 0 Å². The van der Waals surface area contributed by atoms with E-state index in [4.69, 9.17) is 13.9 Å². The van der Waals surface area contributed by atoms with Crippen LogP contribution >= 0.6 is 0 Å². The molecule has 0 aromatic carbocycles. The van der Waals surface area contributed by atoms with E-state index in [2.05, 4.69) is 0 Å². The molecule has 0 aliphatic carbocycles. The summed E-state index contributed by atoms with van der Waals surface area (Å²) in [6, 6.07) is 2.17. The van der Waals surface area contributed by atoms with E-state index in [1.807, 2.05) is 13.8 Å². The highest BCUT2D eigenvalue weighted by Crippen LogP contribution is 2.16. The van der Waals surface area contributed by atoms with Crippen molar-refractivity contribution in [1.29, 1.82) is 0 Å². The van der Waals surface area contributed by atoms with Crippen LogP contribution in [0, 0.1) is 10.1 Å². The van der Waals surface area contributed by atoms with Crippen molar-refractivity contribution < 1.29 is 28.4 Å². The lowest BCUT2D eigenvalue weighted by Crippen LogP contribution is -2.49. The van der Waals surface area contributed by atoms with E-state index in [9.17, 15) is 19.7 Å². The Morgan fingerprint density at radius 2 is 2.00 bits per heavy atom. The van der Waals surface area contributed by atoms with Gasteiger partial charge in [0.05, 0.1) is 18.3 Å². The highest BCUT2D eigenvalue weighted by molar-refractivity contribution is 5.89. The highest BCUT2D eigenvalue weighted by Gasteiger charge is 2.27. The largest absolute Gasteiger partial charge is 0.450 e. The fraction of sp³-hybridized carbons (Fsp3) is 0.538. The molecule has 120 valence electrons. The number of hydrogen-bond acceptors (Lipinski definition) is 7. The van der Waals surface area contributed by atoms with Crippen molar-refractivity contribution in [3.8, 4) is 0 Å². The van der Waals surface area contributed by atoms with Crippen molar-refractivity contribution in [2.75, 3.05) is 19.7 Å². The average molecular weight is 312 g/mol. The minimum Gasteiger partial charge on any atom is -0.450 e. The second kappa shape index (κ2) is 6.56. The second-order valence-corrected chi connectivity index (χ2v) is 5.03. The molecule has 1 aromatic rings. The first kappa shape index (κ1) is 16.0. The first-order valence-corrected chi connectivity index (χ1v) is 6.71. The van der Waals surface area contributed by atoms with Gasteiger partial charge in [-0.15, -0.1) is 0 Å². The summed E-state index contributed by atoms with van der Waals surface area (Å²) in [6.07, 6.45) is -0.174. The van der Waals surface area contributed by atoms with Gasteiger partial charge in [-0.05, 0) is 19.9 Å².